The Morgan fingerprint density at radius 3 is 2.71 bits per heavy atom. The quantitative estimate of drug-likeness (QED) is 0.802. The van der Waals surface area contributed by atoms with Gasteiger partial charge in [0.15, 0.2) is 0 Å². The summed E-state index contributed by atoms with van der Waals surface area (Å²) in [6, 6.07) is 9.27. The van der Waals surface area contributed by atoms with E-state index in [0.717, 1.165) is 24.8 Å². The van der Waals surface area contributed by atoms with Gasteiger partial charge < -0.3 is 20.0 Å². The zero-order chi connectivity index (χ0) is 19.9. The highest BCUT2D eigenvalue weighted by atomic mass is 16.3. The van der Waals surface area contributed by atoms with E-state index in [4.69, 9.17) is 4.42 Å². The number of hydrogen-bond donors (Lipinski definition) is 2. The first-order chi connectivity index (χ1) is 13.5. The van der Waals surface area contributed by atoms with Crippen molar-refractivity contribution in [3.8, 4) is 0 Å². The maximum atomic E-state index is 12.6. The molecule has 0 bridgehead atoms. The molecule has 1 heterocycles. The Labute approximate surface area is 165 Å². The number of carbonyl (C=O) groups is 2. The third-order valence-corrected chi connectivity index (χ3v) is 5.14. The lowest BCUT2D eigenvalue weighted by Crippen LogP contribution is -2.47. The van der Waals surface area contributed by atoms with Gasteiger partial charge in [0.25, 0.3) is 0 Å². The molecule has 7 nitrogen and oxygen atoms in total. The van der Waals surface area contributed by atoms with Crippen molar-refractivity contribution in [2.24, 2.45) is 5.92 Å². The van der Waals surface area contributed by atoms with Crippen LogP contribution in [-0.2, 0) is 11.2 Å². The summed E-state index contributed by atoms with van der Waals surface area (Å²) >= 11 is 0. The molecule has 3 atom stereocenters. The lowest BCUT2D eigenvalue weighted by Gasteiger charge is -2.31. The molecule has 3 rings (SSSR count). The fraction of sp³-hybridized carbons (Fsp3) is 0.476. The topological polar surface area (TPSA) is 87.5 Å². The molecule has 1 fully saturated rings. The molecule has 0 radical (unpaired) electrons. The van der Waals surface area contributed by atoms with Crippen LogP contribution in [0.2, 0.25) is 0 Å². The van der Waals surface area contributed by atoms with Crippen LogP contribution in [0.5, 0.6) is 0 Å². The van der Waals surface area contributed by atoms with E-state index in [-0.39, 0.29) is 29.9 Å². The predicted octanol–water partition coefficient (Wildman–Crippen LogP) is 2.90. The molecule has 3 amide bonds. The van der Waals surface area contributed by atoms with Crippen LogP contribution in [-0.4, -0.2) is 42.0 Å². The Morgan fingerprint density at radius 2 is 2.04 bits per heavy atom. The molecule has 1 saturated carbocycles. The predicted molar refractivity (Wildman–Crippen MR) is 105 cm³/mol. The highest BCUT2D eigenvalue weighted by Crippen LogP contribution is 2.26. The third kappa shape index (κ3) is 5.34. The van der Waals surface area contributed by atoms with E-state index in [1.165, 1.54) is 6.26 Å². The van der Waals surface area contributed by atoms with Crippen molar-refractivity contribution >= 4 is 11.9 Å². The van der Waals surface area contributed by atoms with Crippen molar-refractivity contribution in [1.82, 2.24) is 20.5 Å². The lowest BCUT2D eigenvalue weighted by atomic mass is 9.85. The molecular formula is C21H28N4O3. The van der Waals surface area contributed by atoms with Gasteiger partial charge >= 0.3 is 6.03 Å². The molecule has 1 aliphatic rings. The Bertz CT molecular complexity index is 761. The second-order valence-electron chi connectivity index (χ2n) is 7.52. The lowest BCUT2D eigenvalue weighted by molar-refractivity contribution is -0.134. The zero-order valence-corrected chi connectivity index (χ0v) is 16.4. The van der Waals surface area contributed by atoms with E-state index in [1.54, 1.807) is 25.2 Å². The average molecular weight is 384 g/mol. The molecule has 0 saturated heterocycles. The Morgan fingerprint density at radius 1 is 1.25 bits per heavy atom. The summed E-state index contributed by atoms with van der Waals surface area (Å²) in [4.78, 5) is 30.7. The fourth-order valence-corrected chi connectivity index (χ4v) is 3.75. The van der Waals surface area contributed by atoms with Gasteiger partial charge in [-0.05, 0) is 24.8 Å². The first kappa shape index (κ1) is 19.9. The molecule has 0 spiro atoms. The van der Waals surface area contributed by atoms with Crippen molar-refractivity contribution in [2.45, 2.75) is 44.2 Å². The van der Waals surface area contributed by atoms with Crippen molar-refractivity contribution < 1.29 is 14.0 Å². The van der Waals surface area contributed by atoms with Gasteiger partial charge in [0, 0.05) is 32.5 Å². The molecule has 2 N–H and O–H groups in total. The van der Waals surface area contributed by atoms with Crippen LogP contribution < -0.4 is 10.6 Å². The number of amides is 3. The normalized spacial score (nSPS) is 20.2. The van der Waals surface area contributed by atoms with Crippen molar-refractivity contribution in [1.29, 1.82) is 0 Å². The molecule has 2 aromatic rings. The van der Waals surface area contributed by atoms with Crippen molar-refractivity contribution in [2.75, 3.05) is 14.1 Å². The minimum atomic E-state index is -0.361. The summed E-state index contributed by atoms with van der Waals surface area (Å²) < 4.78 is 5.43. The molecule has 0 aliphatic heterocycles. The second kappa shape index (κ2) is 9.39. The van der Waals surface area contributed by atoms with E-state index in [9.17, 15) is 9.59 Å². The van der Waals surface area contributed by atoms with Crippen LogP contribution in [0.25, 0.3) is 0 Å². The van der Waals surface area contributed by atoms with E-state index >= 15 is 0 Å². The summed E-state index contributed by atoms with van der Waals surface area (Å²) in [5, 5.41) is 6.01. The number of oxazole rings is 1. The van der Waals surface area contributed by atoms with E-state index in [2.05, 4.69) is 15.6 Å². The monoisotopic (exact) mass is 384 g/mol. The second-order valence-corrected chi connectivity index (χ2v) is 7.52. The first-order valence-corrected chi connectivity index (χ1v) is 9.74. The van der Waals surface area contributed by atoms with Crippen LogP contribution in [0, 0.1) is 5.92 Å². The number of carbonyl (C=O) groups excluding carboxylic acids is 2. The zero-order valence-electron chi connectivity index (χ0n) is 16.4. The van der Waals surface area contributed by atoms with Crippen molar-refractivity contribution in [3.05, 3.63) is 54.2 Å². The number of nitrogens with one attached hydrogen (secondary N) is 2. The van der Waals surface area contributed by atoms with Gasteiger partial charge in [0.1, 0.15) is 12.3 Å². The Hall–Kier alpha value is -2.83. The molecule has 1 aromatic heterocycles. The summed E-state index contributed by atoms with van der Waals surface area (Å²) in [6.07, 6.45) is 7.03. The van der Waals surface area contributed by atoms with Crippen molar-refractivity contribution in [3.63, 3.8) is 0 Å². The number of urea groups is 1. The number of benzene rings is 1. The van der Waals surface area contributed by atoms with E-state index < -0.39 is 0 Å². The minimum absolute atomic E-state index is 0.00964. The largest absolute Gasteiger partial charge is 0.447 e. The van der Waals surface area contributed by atoms with Gasteiger partial charge in [0.05, 0.1) is 6.20 Å². The van der Waals surface area contributed by atoms with Crippen LogP contribution in [0.4, 0.5) is 4.79 Å². The number of nitrogens with zero attached hydrogens (tertiary/aromatic N) is 2. The highest BCUT2D eigenvalue weighted by molar-refractivity contribution is 5.79. The minimum Gasteiger partial charge on any atom is -0.447 e. The maximum absolute atomic E-state index is 12.6. The molecule has 7 heteroatoms. The summed E-state index contributed by atoms with van der Waals surface area (Å²) in [5.41, 5.74) is 1.08. The molecule has 1 aromatic carbocycles. The molecule has 150 valence electrons. The van der Waals surface area contributed by atoms with Gasteiger partial charge in [-0.1, -0.05) is 36.8 Å². The number of aromatic nitrogens is 1. The average Bonchev–Trinajstić information content (AvgIpc) is 3.22. The van der Waals surface area contributed by atoms with Gasteiger partial charge in [0.2, 0.25) is 11.8 Å². The SMILES string of the molecule is CN(C)C(=O)C1CCCC(NC(=O)NC(Cc2ccccc2)c2ncco2)C1. The molecule has 28 heavy (non-hydrogen) atoms. The third-order valence-electron chi connectivity index (χ3n) is 5.14. The number of hydrogen-bond acceptors (Lipinski definition) is 4. The van der Waals surface area contributed by atoms with Crippen LogP contribution >= 0.6 is 0 Å². The summed E-state index contributed by atoms with van der Waals surface area (Å²) in [7, 11) is 3.55. The Kier molecular flexibility index (Phi) is 6.68. The Balaban J connectivity index is 1.60. The van der Waals surface area contributed by atoms with E-state index in [0.29, 0.717) is 18.7 Å². The first-order valence-electron chi connectivity index (χ1n) is 9.74. The fourth-order valence-electron chi connectivity index (χ4n) is 3.75. The van der Waals surface area contributed by atoms with Crippen LogP contribution in [0.1, 0.15) is 43.2 Å². The molecule has 1 aliphatic carbocycles. The van der Waals surface area contributed by atoms with Crippen LogP contribution in [0.15, 0.2) is 47.2 Å². The molecule has 3 unspecified atom stereocenters. The maximum Gasteiger partial charge on any atom is 0.315 e. The van der Waals surface area contributed by atoms with E-state index in [1.807, 2.05) is 30.3 Å². The smallest absolute Gasteiger partial charge is 0.315 e. The van der Waals surface area contributed by atoms with Gasteiger partial charge in [-0.25, -0.2) is 9.78 Å². The summed E-state index contributed by atoms with van der Waals surface area (Å²) in [6.45, 7) is 0. The summed E-state index contributed by atoms with van der Waals surface area (Å²) in [5.74, 6) is 0.581. The highest BCUT2D eigenvalue weighted by Gasteiger charge is 2.29. The van der Waals surface area contributed by atoms with Crippen LogP contribution in [0.3, 0.4) is 0 Å². The molecular weight excluding hydrogens is 356 g/mol. The number of rotatable bonds is 6. The van der Waals surface area contributed by atoms with Gasteiger partial charge in [-0.15, -0.1) is 0 Å². The van der Waals surface area contributed by atoms with Gasteiger partial charge in [-0.2, -0.15) is 0 Å². The standard InChI is InChI=1S/C21H28N4O3/c1-25(2)20(26)16-9-6-10-17(14-16)23-21(27)24-18(19-22-11-12-28-19)13-15-7-4-3-5-8-15/h3-5,7-8,11-12,16-18H,6,9-10,13-14H2,1-2H3,(H2,23,24,27). The van der Waals surface area contributed by atoms with Gasteiger partial charge in [-0.3, -0.25) is 4.79 Å².